The maximum absolute atomic E-state index is 11.2. The average molecular weight is 268 g/mol. The Hall–Kier alpha value is -1.75. The van der Waals surface area contributed by atoms with Gasteiger partial charge in [-0.3, -0.25) is 4.79 Å². The summed E-state index contributed by atoms with van der Waals surface area (Å²) in [6, 6.07) is 5.17. The van der Waals surface area contributed by atoms with Gasteiger partial charge in [0, 0.05) is 11.6 Å². The van der Waals surface area contributed by atoms with Gasteiger partial charge < -0.3 is 19.3 Å². The number of carbonyl (C=O) groups is 1. The Balaban J connectivity index is 2.91. The van der Waals surface area contributed by atoms with Gasteiger partial charge in [-0.05, 0) is 18.1 Å². The molecule has 19 heavy (non-hydrogen) atoms. The first-order valence-corrected chi connectivity index (χ1v) is 6.00. The van der Waals surface area contributed by atoms with Crippen LogP contribution in [0.4, 0.5) is 0 Å². The Morgan fingerprint density at radius 1 is 1.26 bits per heavy atom. The SMILES string of the molecule is COC(=O)CC(C)C(O)c1ccc(OC)cc1OC. The molecule has 0 saturated heterocycles. The van der Waals surface area contributed by atoms with E-state index in [-0.39, 0.29) is 18.3 Å². The number of aliphatic hydroxyl groups excluding tert-OH is 1. The minimum absolute atomic E-state index is 0.146. The number of hydrogen-bond acceptors (Lipinski definition) is 5. The van der Waals surface area contributed by atoms with Crippen LogP contribution in [-0.4, -0.2) is 32.4 Å². The Morgan fingerprint density at radius 3 is 2.47 bits per heavy atom. The Morgan fingerprint density at radius 2 is 1.95 bits per heavy atom. The van der Waals surface area contributed by atoms with E-state index in [0.29, 0.717) is 17.1 Å². The fourth-order valence-corrected chi connectivity index (χ4v) is 1.83. The molecule has 0 amide bonds. The minimum Gasteiger partial charge on any atom is -0.497 e. The maximum atomic E-state index is 11.2. The van der Waals surface area contributed by atoms with E-state index in [1.165, 1.54) is 14.2 Å². The van der Waals surface area contributed by atoms with E-state index in [1.807, 2.05) is 0 Å². The van der Waals surface area contributed by atoms with Crippen molar-refractivity contribution in [2.75, 3.05) is 21.3 Å². The van der Waals surface area contributed by atoms with Gasteiger partial charge in [-0.1, -0.05) is 6.92 Å². The second-order valence-electron chi connectivity index (χ2n) is 4.31. The van der Waals surface area contributed by atoms with Gasteiger partial charge in [0.15, 0.2) is 0 Å². The van der Waals surface area contributed by atoms with Crippen LogP contribution in [0.3, 0.4) is 0 Å². The van der Waals surface area contributed by atoms with Gasteiger partial charge in [-0.25, -0.2) is 0 Å². The number of benzene rings is 1. The molecule has 106 valence electrons. The number of hydrogen-bond donors (Lipinski definition) is 1. The van der Waals surface area contributed by atoms with E-state index in [4.69, 9.17) is 9.47 Å². The first kappa shape index (κ1) is 15.3. The molecular weight excluding hydrogens is 248 g/mol. The van der Waals surface area contributed by atoms with Crippen molar-refractivity contribution in [3.8, 4) is 11.5 Å². The first-order valence-electron chi connectivity index (χ1n) is 6.00. The lowest BCUT2D eigenvalue weighted by Gasteiger charge is -2.20. The lowest BCUT2D eigenvalue weighted by atomic mass is 9.94. The van der Waals surface area contributed by atoms with Crippen molar-refractivity contribution in [2.24, 2.45) is 5.92 Å². The molecule has 1 aromatic carbocycles. The molecule has 0 bridgehead atoms. The third-order valence-corrected chi connectivity index (χ3v) is 3.01. The lowest BCUT2D eigenvalue weighted by molar-refractivity contribution is -0.142. The second kappa shape index (κ2) is 6.99. The van der Waals surface area contributed by atoms with E-state index in [1.54, 1.807) is 32.2 Å². The van der Waals surface area contributed by atoms with E-state index < -0.39 is 6.10 Å². The van der Waals surface area contributed by atoms with Crippen molar-refractivity contribution in [1.82, 2.24) is 0 Å². The molecule has 0 fully saturated rings. The van der Waals surface area contributed by atoms with E-state index >= 15 is 0 Å². The van der Waals surface area contributed by atoms with Crippen molar-refractivity contribution in [3.63, 3.8) is 0 Å². The van der Waals surface area contributed by atoms with Crippen molar-refractivity contribution in [1.29, 1.82) is 0 Å². The molecule has 0 aromatic heterocycles. The van der Waals surface area contributed by atoms with Crippen LogP contribution in [0.1, 0.15) is 25.0 Å². The molecule has 0 heterocycles. The number of methoxy groups -OCH3 is 3. The fourth-order valence-electron chi connectivity index (χ4n) is 1.83. The minimum atomic E-state index is -0.806. The summed E-state index contributed by atoms with van der Waals surface area (Å²) in [4.78, 5) is 11.2. The predicted molar refractivity (Wildman–Crippen MR) is 70.3 cm³/mol. The van der Waals surface area contributed by atoms with Crippen LogP contribution in [0.25, 0.3) is 0 Å². The molecule has 2 atom stereocenters. The highest BCUT2D eigenvalue weighted by atomic mass is 16.5. The third-order valence-electron chi connectivity index (χ3n) is 3.01. The number of esters is 1. The number of ether oxygens (including phenoxy) is 3. The normalized spacial score (nSPS) is 13.5. The number of carbonyl (C=O) groups excluding carboxylic acids is 1. The van der Waals surface area contributed by atoms with E-state index in [2.05, 4.69) is 4.74 Å². The largest absolute Gasteiger partial charge is 0.497 e. The highest BCUT2D eigenvalue weighted by molar-refractivity contribution is 5.69. The molecule has 0 aliphatic rings. The first-order chi connectivity index (χ1) is 9.03. The molecular formula is C14H20O5. The highest BCUT2D eigenvalue weighted by Crippen LogP contribution is 2.34. The monoisotopic (exact) mass is 268 g/mol. The van der Waals surface area contributed by atoms with Crippen LogP contribution in [0.15, 0.2) is 18.2 Å². The highest BCUT2D eigenvalue weighted by Gasteiger charge is 2.23. The summed E-state index contributed by atoms with van der Waals surface area (Å²) in [6.45, 7) is 1.78. The summed E-state index contributed by atoms with van der Waals surface area (Å²) in [5.74, 6) is 0.561. The van der Waals surface area contributed by atoms with Gasteiger partial charge >= 0.3 is 5.97 Å². The molecule has 0 radical (unpaired) electrons. The summed E-state index contributed by atoms with van der Waals surface area (Å²) in [5, 5.41) is 10.3. The van der Waals surface area contributed by atoms with Crippen LogP contribution in [0.5, 0.6) is 11.5 Å². The van der Waals surface area contributed by atoms with Crippen LogP contribution in [-0.2, 0) is 9.53 Å². The van der Waals surface area contributed by atoms with Gasteiger partial charge in [0.05, 0.1) is 33.9 Å². The number of rotatable bonds is 6. The maximum Gasteiger partial charge on any atom is 0.305 e. The zero-order chi connectivity index (χ0) is 14.4. The Labute approximate surface area is 113 Å². The van der Waals surface area contributed by atoms with Gasteiger partial charge in [-0.2, -0.15) is 0 Å². The van der Waals surface area contributed by atoms with E-state index in [9.17, 15) is 9.90 Å². The Kier molecular flexibility index (Phi) is 5.63. The molecule has 0 spiro atoms. The van der Waals surface area contributed by atoms with Crippen molar-refractivity contribution < 1.29 is 24.1 Å². The van der Waals surface area contributed by atoms with Crippen molar-refractivity contribution >= 4 is 5.97 Å². The zero-order valence-electron chi connectivity index (χ0n) is 11.7. The van der Waals surface area contributed by atoms with E-state index in [0.717, 1.165) is 0 Å². The summed E-state index contributed by atoms with van der Waals surface area (Å²) < 4.78 is 14.9. The van der Waals surface area contributed by atoms with Crippen LogP contribution >= 0.6 is 0 Å². The van der Waals surface area contributed by atoms with Crippen molar-refractivity contribution in [3.05, 3.63) is 23.8 Å². The smallest absolute Gasteiger partial charge is 0.305 e. The molecule has 0 saturated carbocycles. The summed E-state index contributed by atoms with van der Waals surface area (Å²) >= 11 is 0. The molecule has 1 N–H and O–H groups in total. The zero-order valence-corrected chi connectivity index (χ0v) is 11.7. The molecule has 1 rings (SSSR count). The fraction of sp³-hybridized carbons (Fsp3) is 0.500. The Bertz CT molecular complexity index is 430. The molecule has 1 aromatic rings. The molecule has 5 nitrogen and oxygen atoms in total. The second-order valence-corrected chi connectivity index (χ2v) is 4.31. The van der Waals surface area contributed by atoms with Crippen molar-refractivity contribution in [2.45, 2.75) is 19.4 Å². The third kappa shape index (κ3) is 3.86. The predicted octanol–water partition coefficient (Wildman–Crippen LogP) is 1.94. The quantitative estimate of drug-likeness (QED) is 0.799. The average Bonchev–Trinajstić information content (AvgIpc) is 2.45. The molecule has 0 aliphatic carbocycles. The summed E-state index contributed by atoms with van der Waals surface area (Å²) in [6.07, 6.45) is -0.660. The molecule has 5 heteroatoms. The van der Waals surface area contributed by atoms with Gasteiger partial charge in [0.1, 0.15) is 11.5 Å². The summed E-state index contributed by atoms with van der Waals surface area (Å²) in [7, 11) is 4.41. The van der Waals surface area contributed by atoms with Gasteiger partial charge in [0.25, 0.3) is 0 Å². The van der Waals surface area contributed by atoms with Crippen LogP contribution in [0.2, 0.25) is 0 Å². The van der Waals surface area contributed by atoms with Gasteiger partial charge in [0.2, 0.25) is 0 Å². The lowest BCUT2D eigenvalue weighted by Crippen LogP contribution is -2.15. The van der Waals surface area contributed by atoms with Crippen LogP contribution < -0.4 is 9.47 Å². The molecule has 2 unspecified atom stereocenters. The summed E-state index contributed by atoms with van der Waals surface area (Å²) in [5.41, 5.74) is 0.625. The topological polar surface area (TPSA) is 65.0 Å². The molecule has 0 aliphatic heterocycles. The van der Waals surface area contributed by atoms with Gasteiger partial charge in [-0.15, -0.1) is 0 Å². The van der Waals surface area contributed by atoms with Crippen LogP contribution in [0, 0.1) is 5.92 Å². The standard InChI is InChI=1S/C14H20O5/c1-9(7-13(15)19-4)14(16)11-6-5-10(17-2)8-12(11)18-3/h5-6,8-9,14,16H,7H2,1-4H3. The number of aliphatic hydroxyl groups is 1.